The lowest BCUT2D eigenvalue weighted by Crippen LogP contribution is -2.10. The van der Waals surface area contributed by atoms with Crippen LogP contribution >= 0.6 is 11.3 Å². The van der Waals surface area contributed by atoms with Crippen molar-refractivity contribution < 1.29 is 4.42 Å². The maximum Gasteiger partial charge on any atom is 0.227 e. The van der Waals surface area contributed by atoms with Crippen molar-refractivity contribution in [3.63, 3.8) is 0 Å². The zero-order valence-electron chi connectivity index (χ0n) is 21.9. The molecule has 6 aromatic carbocycles. The Hall–Kier alpha value is -5.19. The SMILES string of the molecule is c1ccc(-c2nc3c(o2)-c2cccc4c(N(c5ccccc5)c5cccc6sc7ccccc7c56)ccc-3c24)cc1. The Morgan fingerprint density at radius 1 is 0.537 bits per heavy atom. The Morgan fingerprint density at radius 2 is 1.27 bits per heavy atom. The smallest absolute Gasteiger partial charge is 0.227 e. The molecular formula is C37H22N2OS. The molecular weight excluding hydrogens is 520 g/mol. The molecule has 0 atom stereocenters. The van der Waals surface area contributed by atoms with Gasteiger partial charge in [-0.3, -0.25) is 0 Å². The molecule has 0 spiro atoms. The highest BCUT2D eigenvalue weighted by Gasteiger charge is 2.30. The highest BCUT2D eigenvalue weighted by molar-refractivity contribution is 7.26. The molecule has 4 heteroatoms. The molecule has 0 bridgehead atoms. The molecule has 0 fully saturated rings. The minimum atomic E-state index is 0.657. The van der Waals surface area contributed by atoms with E-state index >= 15 is 0 Å². The van der Waals surface area contributed by atoms with Gasteiger partial charge in [-0.05, 0) is 54.6 Å². The first-order valence-corrected chi connectivity index (χ1v) is 14.5. The number of nitrogens with zero attached hydrogens (tertiary/aromatic N) is 2. The van der Waals surface area contributed by atoms with Gasteiger partial charge in [0.25, 0.3) is 0 Å². The minimum absolute atomic E-state index is 0.657. The van der Waals surface area contributed by atoms with E-state index in [2.05, 4.69) is 108 Å². The molecule has 3 nitrogen and oxygen atoms in total. The number of benzene rings is 6. The van der Waals surface area contributed by atoms with E-state index in [0.717, 1.165) is 39.5 Å². The van der Waals surface area contributed by atoms with Crippen LogP contribution in [0.2, 0.25) is 0 Å². The fourth-order valence-corrected chi connectivity index (χ4v) is 7.42. The van der Waals surface area contributed by atoms with Gasteiger partial charge in [0.05, 0.1) is 11.4 Å². The van der Waals surface area contributed by atoms with Crippen LogP contribution < -0.4 is 4.90 Å². The molecule has 2 aromatic heterocycles. The van der Waals surface area contributed by atoms with Crippen LogP contribution in [-0.4, -0.2) is 4.98 Å². The molecule has 9 rings (SSSR count). The lowest BCUT2D eigenvalue weighted by molar-refractivity contribution is 0.590. The maximum absolute atomic E-state index is 6.43. The van der Waals surface area contributed by atoms with E-state index in [1.165, 1.54) is 36.6 Å². The Morgan fingerprint density at radius 3 is 2.15 bits per heavy atom. The second-order valence-corrected chi connectivity index (χ2v) is 11.4. The molecule has 0 aliphatic heterocycles. The summed E-state index contributed by atoms with van der Waals surface area (Å²) in [7, 11) is 0. The third-order valence-corrected chi connectivity index (χ3v) is 9.18. The van der Waals surface area contributed by atoms with Gasteiger partial charge in [-0.1, -0.05) is 78.9 Å². The van der Waals surface area contributed by atoms with Crippen molar-refractivity contribution in [2.75, 3.05) is 4.90 Å². The molecule has 192 valence electrons. The van der Waals surface area contributed by atoms with Gasteiger partial charge in [0.15, 0.2) is 5.76 Å². The summed E-state index contributed by atoms with van der Waals surface area (Å²) in [5.74, 6) is 1.50. The largest absolute Gasteiger partial charge is 0.435 e. The van der Waals surface area contributed by atoms with Crippen molar-refractivity contribution in [2.45, 2.75) is 0 Å². The molecule has 8 aromatic rings. The van der Waals surface area contributed by atoms with Crippen LogP contribution in [0.4, 0.5) is 17.1 Å². The van der Waals surface area contributed by atoms with Crippen LogP contribution in [-0.2, 0) is 0 Å². The summed E-state index contributed by atoms with van der Waals surface area (Å²) in [6.07, 6.45) is 0. The van der Waals surface area contributed by atoms with Gasteiger partial charge < -0.3 is 9.32 Å². The Balaban J connectivity index is 1.30. The summed E-state index contributed by atoms with van der Waals surface area (Å²) in [6.45, 7) is 0. The monoisotopic (exact) mass is 542 g/mol. The number of anilines is 3. The maximum atomic E-state index is 6.43. The van der Waals surface area contributed by atoms with Gasteiger partial charge in [-0.25, -0.2) is 4.98 Å². The van der Waals surface area contributed by atoms with Crippen molar-refractivity contribution in [3.8, 4) is 34.0 Å². The van der Waals surface area contributed by atoms with Crippen LogP contribution in [0.25, 0.3) is 65.0 Å². The Kier molecular flexibility index (Phi) is 4.77. The lowest BCUT2D eigenvalue weighted by atomic mass is 10.00. The quantitative estimate of drug-likeness (QED) is 0.221. The standard InChI is InChI=1S/C37H22N2OS/c1-3-11-23(12-4-1)37-38-35-27-21-22-29(25-16-9-17-28(33(25)27)36(35)40-37)39(24-13-5-2-6-14-24)30-18-10-20-32-34(30)26-15-7-8-19-31(26)41-32/h1-22H. The summed E-state index contributed by atoms with van der Waals surface area (Å²) in [5.41, 5.74) is 7.54. The lowest BCUT2D eigenvalue weighted by Gasteiger charge is -2.28. The van der Waals surface area contributed by atoms with Crippen molar-refractivity contribution in [3.05, 3.63) is 133 Å². The van der Waals surface area contributed by atoms with E-state index in [1.807, 2.05) is 41.7 Å². The van der Waals surface area contributed by atoms with Gasteiger partial charge in [0.2, 0.25) is 5.89 Å². The minimum Gasteiger partial charge on any atom is -0.435 e. The van der Waals surface area contributed by atoms with Crippen LogP contribution in [0.5, 0.6) is 0 Å². The van der Waals surface area contributed by atoms with Gasteiger partial charge in [-0.2, -0.15) is 0 Å². The fourth-order valence-electron chi connectivity index (χ4n) is 6.29. The van der Waals surface area contributed by atoms with E-state index in [-0.39, 0.29) is 0 Å². The number of hydrogen-bond donors (Lipinski definition) is 0. The van der Waals surface area contributed by atoms with Gasteiger partial charge >= 0.3 is 0 Å². The average molecular weight is 543 g/mol. The molecule has 41 heavy (non-hydrogen) atoms. The van der Waals surface area contributed by atoms with E-state index in [9.17, 15) is 0 Å². The third kappa shape index (κ3) is 3.28. The summed E-state index contributed by atoms with van der Waals surface area (Å²) < 4.78 is 9.01. The Labute approximate surface area is 240 Å². The zero-order chi connectivity index (χ0) is 26.9. The highest BCUT2D eigenvalue weighted by atomic mass is 32.1. The number of para-hydroxylation sites is 1. The van der Waals surface area contributed by atoms with Gasteiger partial charge in [-0.15, -0.1) is 11.3 Å². The molecule has 0 amide bonds. The highest BCUT2D eigenvalue weighted by Crippen LogP contribution is 2.53. The number of fused-ring (bicyclic) bond motifs is 6. The Bertz CT molecular complexity index is 2240. The molecule has 0 N–H and O–H groups in total. The van der Waals surface area contributed by atoms with Crippen molar-refractivity contribution in [1.29, 1.82) is 0 Å². The molecule has 0 saturated heterocycles. The van der Waals surface area contributed by atoms with E-state index < -0.39 is 0 Å². The number of thiophene rings is 1. The first-order valence-electron chi connectivity index (χ1n) is 13.7. The summed E-state index contributed by atoms with van der Waals surface area (Å²) >= 11 is 1.85. The second kappa shape index (κ2) is 8.65. The molecule has 1 aliphatic rings. The summed E-state index contributed by atoms with van der Waals surface area (Å²) in [6, 6.07) is 47.1. The fraction of sp³-hybridized carbons (Fsp3) is 0. The first-order chi connectivity index (χ1) is 20.3. The van der Waals surface area contributed by atoms with Crippen molar-refractivity contribution in [1.82, 2.24) is 4.98 Å². The molecule has 0 radical (unpaired) electrons. The van der Waals surface area contributed by atoms with E-state index in [1.54, 1.807) is 0 Å². The predicted molar refractivity (Wildman–Crippen MR) is 171 cm³/mol. The number of rotatable bonds is 4. The molecule has 2 heterocycles. The zero-order valence-corrected chi connectivity index (χ0v) is 22.7. The number of aromatic nitrogens is 1. The number of hydrogen-bond acceptors (Lipinski definition) is 4. The van der Waals surface area contributed by atoms with E-state index in [0.29, 0.717) is 5.89 Å². The number of oxazole rings is 1. The topological polar surface area (TPSA) is 29.3 Å². The average Bonchev–Trinajstić information content (AvgIpc) is 3.72. The van der Waals surface area contributed by atoms with Crippen LogP contribution in [0.1, 0.15) is 0 Å². The van der Waals surface area contributed by atoms with Crippen LogP contribution in [0, 0.1) is 0 Å². The second-order valence-electron chi connectivity index (χ2n) is 10.3. The van der Waals surface area contributed by atoms with Crippen LogP contribution in [0.15, 0.2) is 138 Å². The molecule has 1 aliphatic carbocycles. The molecule has 0 unspecified atom stereocenters. The van der Waals surface area contributed by atoms with Crippen molar-refractivity contribution in [2.24, 2.45) is 0 Å². The summed E-state index contributed by atoms with van der Waals surface area (Å²) in [4.78, 5) is 7.39. The summed E-state index contributed by atoms with van der Waals surface area (Å²) in [5, 5.41) is 4.93. The van der Waals surface area contributed by atoms with Gasteiger partial charge in [0.1, 0.15) is 5.69 Å². The van der Waals surface area contributed by atoms with Crippen molar-refractivity contribution >= 4 is 59.3 Å². The predicted octanol–water partition coefficient (Wildman–Crippen LogP) is 11.0. The van der Waals surface area contributed by atoms with Crippen LogP contribution in [0.3, 0.4) is 0 Å². The normalized spacial score (nSPS) is 11.9. The van der Waals surface area contributed by atoms with Gasteiger partial charge in [0, 0.05) is 53.3 Å². The third-order valence-electron chi connectivity index (χ3n) is 8.04. The van der Waals surface area contributed by atoms with E-state index in [4.69, 9.17) is 9.40 Å². The molecule has 0 saturated carbocycles. The first kappa shape index (κ1) is 22.6.